The zero-order chi connectivity index (χ0) is 15.5. The van der Waals surface area contributed by atoms with Gasteiger partial charge in [-0.2, -0.15) is 13.2 Å². The summed E-state index contributed by atoms with van der Waals surface area (Å²) in [6.07, 6.45) is -3.28. The second-order valence-corrected chi connectivity index (χ2v) is 4.24. The van der Waals surface area contributed by atoms with E-state index < -0.39 is 17.7 Å². The van der Waals surface area contributed by atoms with Crippen molar-refractivity contribution in [2.45, 2.75) is 12.7 Å². The van der Waals surface area contributed by atoms with Crippen LogP contribution in [0.1, 0.15) is 21.6 Å². The van der Waals surface area contributed by atoms with Crippen LogP contribution in [0.5, 0.6) is 0 Å². The van der Waals surface area contributed by atoms with Crippen LogP contribution in [-0.2, 0) is 12.7 Å². The lowest BCUT2D eigenvalue weighted by atomic mass is 10.1. The van der Waals surface area contributed by atoms with Crippen LogP contribution >= 0.6 is 0 Å². The van der Waals surface area contributed by atoms with E-state index in [1.165, 1.54) is 30.3 Å². The van der Waals surface area contributed by atoms with Crippen LogP contribution in [0.25, 0.3) is 0 Å². The van der Waals surface area contributed by atoms with Crippen LogP contribution < -0.4 is 5.32 Å². The highest BCUT2D eigenvalue weighted by Gasteiger charge is 2.33. The smallest absolute Gasteiger partial charge is 0.418 e. The van der Waals surface area contributed by atoms with Crippen LogP contribution in [0.2, 0.25) is 0 Å². The van der Waals surface area contributed by atoms with Crippen molar-refractivity contribution >= 4 is 11.7 Å². The molecule has 0 aliphatic rings. The fourth-order valence-electron chi connectivity index (χ4n) is 1.73. The SMILES string of the molecule is O=C(O)c1ccc(CNc2ccccc2C(F)(F)F)nc1. The van der Waals surface area contributed by atoms with Gasteiger partial charge in [-0.15, -0.1) is 0 Å². The fraction of sp³-hybridized carbons (Fsp3) is 0.143. The third kappa shape index (κ3) is 3.71. The Balaban J connectivity index is 2.12. The fourth-order valence-corrected chi connectivity index (χ4v) is 1.73. The molecule has 2 N–H and O–H groups in total. The summed E-state index contributed by atoms with van der Waals surface area (Å²) in [6.45, 7) is 0.0625. The first-order valence-electron chi connectivity index (χ1n) is 5.96. The summed E-state index contributed by atoms with van der Waals surface area (Å²) in [4.78, 5) is 14.5. The molecule has 0 bridgehead atoms. The average molecular weight is 296 g/mol. The van der Waals surface area contributed by atoms with Gasteiger partial charge in [-0.3, -0.25) is 4.98 Å². The highest BCUT2D eigenvalue weighted by atomic mass is 19.4. The molecule has 0 saturated carbocycles. The van der Waals surface area contributed by atoms with Crippen LogP contribution in [0, 0.1) is 0 Å². The van der Waals surface area contributed by atoms with Gasteiger partial charge in [0.25, 0.3) is 0 Å². The Morgan fingerprint density at radius 3 is 2.48 bits per heavy atom. The number of rotatable bonds is 4. The van der Waals surface area contributed by atoms with E-state index in [1.807, 2.05) is 0 Å². The molecule has 0 radical (unpaired) electrons. The second kappa shape index (κ2) is 5.82. The number of aromatic nitrogens is 1. The second-order valence-electron chi connectivity index (χ2n) is 4.24. The van der Waals surface area contributed by atoms with Gasteiger partial charge in [0.15, 0.2) is 0 Å². The maximum Gasteiger partial charge on any atom is 0.418 e. The quantitative estimate of drug-likeness (QED) is 0.907. The number of carboxylic acids is 1. The molecule has 2 aromatic rings. The van der Waals surface area contributed by atoms with Gasteiger partial charge >= 0.3 is 12.1 Å². The van der Waals surface area contributed by atoms with E-state index >= 15 is 0 Å². The summed E-state index contributed by atoms with van der Waals surface area (Å²) in [5, 5.41) is 11.4. The number of carboxylic acid groups (broad SMARTS) is 1. The molecule has 21 heavy (non-hydrogen) atoms. The van der Waals surface area contributed by atoms with Crippen molar-refractivity contribution in [2.75, 3.05) is 5.32 Å². The van der Waals surface area contributed by atoms with Crippen molar-refractivity contribution in [3.63, 3.8) is 0 Å². The number of aromatic carboxylic acids is 1. The van der Waals surface area contributed by atoms with Gasteiger partial charge in [0.1, 0.15) is 0 Å². The van der Waals surface area contributed by atoms with E-state index in [4.69, 9.17) is 5.11 Å². The maximum absolute atomic E-state index is 12.8. The Labute approximate surface area is 118 Å². The van der Waals surface area contributed by atoms with E-state index in [0.717, 1.165) is 12.3 Å². The number of nitrogens with one attached hydrogen (secondary N) is 1. The number of pyridine rings is 1. The summed E-state index contributed by atoms with van der Waals surface area (Å²) in [5.41, 5.74) is -0.340. The third-order valence-electron chi connectivity index (χ3n) is 2.76. The summed E-state index contributed by atoms with van der Waals surface area (Å²) in [5.74, 6) is -1.11. The minimum absolute atomic E-state index is 0.0226. The van der Waals surface area contributed by atoms with Gasteiger partial charge in [0.05, 0.1) is 23.4 Å². The molecule has 0 aliphatic heterocycles. The zero-order valence-corrected chi connectivity index (χ0v) is 10.7. The summed E-state index contributed by atoms with van der Waals surface area (Å²) < 4.78 is 38.4. The van der Waals surface area contributed by atoms with Gasteiger partial charge in [0.2, 0.25) is 0 Å². The lowest BCUT2D eigenvalue weighted by molar-refractivity contribution is -0.137. The minimum atomic E-state index is -4.44. The molecule has 0 amide bonds. The number of alkyl halides is 3. The van der Waals surface area contributed by atoms with Gasteiger partial charge < -0.3 is 10.4 Å². The molecule has 0 atom stereocenters. The lowest BCUT2D eigenvalue weighted by Gasteiger charge is -2.14. The molecular formula is C14H11F3N2O2. The number of hydrogen-bond acceptors (Lipinski definition) is 3. The molecule has 7 heteroatoms. The van der Waals surface area contributed by atoms with Crippen molar-refractivity contribution < 1.29 is 23.1 Å². The molecular weight excluding hydrogens is 285 g/mol. The minimum Gasteiger partial charge on any atom is -0.478 e. The Morgan fingerprint density at radius 2 is 1.90 bits per heavy atom. The first-order chi connectivity index (χ1) is 9.88. The molecule has 1 aromatic heterocycles. The number of nitrogens with zero attached hydrogens (tertiary/aromatic N) is 1. The molecule has 110 valence electrons. The van der Waals surface area contributed by atoms with Crippen LogP contribution in [-0.4, -0.2) is 16.1 Å². The zero-order valence-electron chi connectivity index (χ0n) is 10.7. The number of anilines is 1. The molecule has 4 nitrogen and oxygen atoms in total. The van der Waals surface area contributed by atoms with Gasteiger partial charge in [-0.1, -0.05) is 12.1 Å². The Morgan fingerprint density at radius 1 is 1.19 bits per heavy atom. The third-order valence-corrected chi connectivity index (χ3v) is 2.76. The average Bonchev–Trinajstić information content (AvgIpc) is 2.45. The lowest BCUT2D eigenvalue weighted by Crippen LogP contribution is -2.11. The van der Waals surface area contributed by atoms with E-state index in [1.54, 1.807) is 0 Å². The standard InChI is InChI=1S/C14H11F3N2O2/c15-14(16,17)11-3-1-2-4-12(11)19-8-10-6-5-9(7-18-10)13(20)21/h1-7,19H,8H2,(H,20,21). The highest BCUT2D eigenvalue weighted by Crippen LogP contribution is 2.34. The largest absolute Gasteiger partial charge is 0.478 e. The number of benzene rings is 1. The first kappa shape index (κ1) is 14.8. The van der Waals surface area contributed by atoms with Crippen molar-refractivity contribution in [3.8, 4) is 0 Å². The van der Waals surface area contributed by atoms with Crippen molar-refractivity contribution in [3.05, 3.63) is 59.4 Å². The van der Waals surface area contributed by atoms with Gasteiger partial charge in [0, 0.05) is 11.9 Å². The molecule has 2 rings (SSSR count). The molecule has 0 saturated heterocycles. The molecule has 1 heterocycles. The Bertz CT molecular complexity index is 639. The molecule has 0 fully saturated rings. The van der Waals surface area contributed by atoms with E-state index in [2.05, 4.69) is 10.3 Å². The van der Waals surface area contributed by atoms with E-state index in [0.29, 0.717) is 5.69 Å². The van der Waals surface area contributed by atoms with Crippen molar-refractivity contribution in [1.82, 2.24) is 4.98 Å². The van der Waals surface area contributed by atoms with Gasteiger partial charge in [-0.25, -0.2) is 4.79 Å². The number of halogens is 3. The summed E-state index contributed by atoms with van der Waals surface area (Å²) >= 11 is 0. The van der Waals surface area contributed by atoms with Crippen LogP contribution in [0.3, 0.4) is 0 Å². The van der Waals surface area contributed by atoms with Crippen LogP contribution in [0.15, 0.2) is 42.6 Å². The van der Waals surface area contributed by atoms with Gasteiger partial charge in [-0.05, 0) is 24.3 Å². The summed E-state index contributed by atoms with van der Waals surface area (Å²) in [6, 6.07) is 7.93. The predicted octanol–water partition coefficient (Wildman–Crippen LogP) is 3.41. The van der Waals surface area contributed by atoms with E-state index in [9.17, 15) is 18.0 Å². The molecule has 0 spiro atoms. The van der Waals surface area contributed by atoms with Crippen molar-refractivity contribution in [2.24, 2.45) is 0 Å². The molecule has 1 aromatic carbocycles. The highest BCUT2D eigenvalue weighted by molar-refractivity contribution is 5.87. The number of para-hydroxylation sites is 1. The Hall–Kier alpha value is -2.57. The van der Waals surface area contributed by atoms with Crippen LogP contribution in [0.4, 0.5) is 18.9 Å². The monoisotopic (exact) mass is 296 g/mol. The Kier molecular flexibility index (Phi) is 4.11. The van der Waals surface area contributed by atoms with E-state index in [-0.39, 0.29) is 17.8 Å². The predicted molar refractivity (Wildman–Crippen MR) is 70.0 cm³/mol. The number of hydrogen-bond donors (Lipinski definition) is 2. The van der Waals surface area contributed by atoms with Crippen molar-refractivity contribution in [1.29, 1.82) is 0 Å². The number of carbonyl (C=O) groups is 1. The molecule has 0 aliphatic carbocycles. The maximum atomic E-state index is 12.8. The topological polar surface area (TPSA) is 62.2 Å². The first-order valence-corrected chi connectivity index (χ1v) is 5.96. The normalized spacial score (nSPS) is 11.2. The summed E-state index contributed by atoms with van der Waals surface area (Å²) in [7, 11) is 0. The molecule has 0 unspecified atom stereocenters.